The van der Waals surface area contributed by atoms with Crippen LogP contribution in [0.4, 0.5) is 46.1 Å². The average molecular weight is 1120 g/mol. The fourth-order valence-electron chi connectivity index (χ4n) is 9.56. The van der Waals surface area contributed by atoms with E-state index in [1.165, 1.54) is 12.3 Å². The third-order valence-electron chi connectivity index (χ3n) is 14.5. The minimum absolute atomic E-state index is 0.199. The molecular weight excluding hydrogens is 1060 g/mol. The van der Waals surface area contributed by atoms with Crippen LogP contribution in [0.25, 0.3) is 11.3 Å². The molecule has 6 unspecified atom stereocenters. The van der Waals surface area contributed by atoms with Gasteiger partial charge in [0.15, 0.2) is 0 Å². The van der Waals surface area contributed by atoms with Crippen LogP contribution in [-0.2, 0) is 32.0 Å². The lowest BCUT2D eigenvalue weighted by atomic mass is 9.82. The molecule has 6 N–H and O–H groups in total. The number of carboxylic acid groups (broad SMARTS) is 1. The van der Waals surface area contributed by atoms with Crippen LogP contribution in [0.15, 0.2) is 79.1 Å². The van der Waals surface area contributed by atoms with Gasteiger partial charge < -0.3 is 40.5 Å². The number of aromatic nitrogens is 2. The quantitative estimate of drug-likeness (QED) is 0.0343. The zero-order chi connectivity index (χ0) is 56.9. The van der Waals surface area contributed by atoms with Crippen molar-refractivity contribution < 1.29 is 69.6 Å². The number of ether oxygens (including phenoxy) is 2. The number of benzene rings is 2. The van der Waals surface area contributed by atoms with Gasteiger partial charge in [-0.25, -0.2) is 24.0 Å². The molecule has 3 fully saturated rings. The number of aliphatic hydroxyl groups is 1. The second kappa shape index (κ2) is 24.1. The van der Waals surface area contributed by atoms with Crippen LogP contribution < -0.4 is 26.3 Å². The maximum Gasteiger partial charge on any atom is 0.407 e. The van der Waals surface area contributed by atoms with E-state index in [0.717, 1.165) is 58.1 Å². The highest BCUT2D eigenvalue weighted by molar-refractivity contribution is 6.31. The third-order valence-corrected chi connectivity index (χ3v) is 14.8. The topological polar surface area (TPSA) is 211 Å². The molecule has 5 heterocycles. The molecule has 7 rings (SSSR count). The normalized spacial score (nSPS) is 18.6. The minimum atomic E-state index is -5.20. The molecular formula is C53H59ClF7N9O8. The van der Waals surface area contributed by atoms with Crippen molar-refractivity contribution in [1.29, 1.82) is 0 Å². The number of anilines is 1. The maximum atomic E-state index is 16.1. The Kier molecular flexibility index (Phi) is 18.2. The lowest BCUT2D eigenvalue weighted by Crippen LogP contribution is -2.63. The van der Waals surface area contributed by atoms with Crippen LogP contribution in [0, 0.1) is 28.5 Å². The molecule has 0 saturated carbocycles. The number of alkyl halides is 6. The molecule has 3 aliphatic heterocycles. The van der Waals surface area contributed by atoms with Crippen LogP contribution in [-0.4, -0.2) is 149 Å². The standard InChI is InChI=1S/C53H59ClF7N9O8/c1-50(2,52(56,57)58)44(66-49(76)77-5)46(72)64-41(20-31-12-9-30(10-13-31)11-14-32-15-18-43(63-23-32)68-24-34-16-17-35(25-68)70(34)36-28-78-29-36)42(71)27-69(67-47(73)45(65-48(74)75)51(3,4)53(59,60)61)26-37-38(54)21-33(22-39(37)55)40-8-6-7-19-62-40/h6-10,12-13,15,18-19,21-23,34-36,41-42,44-45,65,71H,16-17,20,24-29H2,1-5H3,(H,64,72)(H,66,76)(H,67,73)(H,74,75). The Morgan fingerprint density at radius 1 is 0.833 bits per heavy atom. The highest BCUT2D eigenvalue weighted by atomic mass is 35.5. The Balaban J connectivity index is 1.17. The molecule has 420 valence electrons. The number of piperazine rings is 1. The predicted octanol–water partition coefficient (Wildman–Crippen LogP) is 6.85. The van der Waals surface area contributed by atoms with Crippen LogP contribution >= 0.6 is 11.6 Å². The first-order chi connectivity index (χ1) is 36.7. The Labute approximate surface area is 450 Å². The Hall–Kier alpha value is -6.78. The molecule has 6 atom stereocenters. The van der Waals surface area contributed by atoms with Gasteiger partial charge in [0.2, 0.25) is 5.91 Å². The van der Waals surface area contributed by atoms with Crippen molar-refractivity contribution in [3.63, 3.8) is 0 Å². The molecule has 0 aliphatic carbocycles. The van der Waals surface area contributed by atoms with E-state index >= 15 is 4.39 Å². The van der Waals surface area contributed by atoms with E-state index < -0.39 is 96.7 Å². The summed E-state index contributed by atoms with van der Waals surface area (Å²) >= 11 is 6.58. The lowest BCUT2D eigenvalue weighted by molar-refractivity contribution is -0.221. The number of methoxy groups -OCH3 is 1. The van der Waals surface area contributed by atoms with E-state index in [-0.39, 0.29) is 16.1 Å². The monoisotopic (exact) mass is 1120 g/mol. The van der Waals surface area contributed by atoms with Crippen LogP contribution in [0.5, 0.6) is 0 Å². The molecule has 2 aromatic heterocycles. The van der Waals surface area contributed by atoms with Gasteiger partial charge in [-0.15, -0.1) is 0 Å². The number of rotatable bonds is 18. The smallest absolute Gasteiger partial charge is 0.407 e. The van der Waals surface area contributed by atoms with Gasteiger partial charge >= 0.3 is 24.5 Å². The molecule has 0 spiro atoms. The number of carbonyl (C=O) groups excluding carboxylic acids is 3. The van der Waals surface area contributed by atoms with Gasteiger partial charge in [-0.3, -0.25) is 24.9 Å². The fourth-order valence-corrected chi connectivity index (χ4v) is 9.83. The number of amides is 4. The highest BCUT2D eigenvalue weighted by Gasteiger charge is 2.57. The van der Waals surface area contributed by atoms with Crippen molar-refractivity contribution in [2.75, 3.05) is 44.9 Å². The summed E-state index contributed by atoms with van der Waals surface area (Å²) in [5.41, 5.74) is -2.37. The molecule has 17 nitrogen and oxygen atoms in total. The molecule has 25 heteroatoms. The van der Waals surface area contributed by atoms with Gasteiger partial charge in [-0.05, 0) is 101 Å². The molecule has 3 aliphatic rings. The molecule has 2 aromatic carbocycles. The van der Waals surface area contributed by atoms with E-state index in [4.69, 9.17) is 21.3 Å². The van der Waals surface area contributed by atoms with E-state index in [0.29, 0.717) is 73.2 Å². The first-order valence-corrected chi connectivity index (χ1v) is 25.1. The second-order valence-electron chi connectivity index (χ2n) is 20.5. The average Bonchev–Trinajstić information content (AvgIpc) is 3.64. The van der Waals surface area contributed by atoms with Gasteiger partial charge in [-0.1, -0.05) is 41.6 Å². The van der Waals surface area contributed by atoms with E-state index in [2.05, 4.69) is 42.1 Å². The summed E-state index contributed by atoms with van der Waals surface area (Å²) in [6.07, 6.45) is -10.8. The highest BCUT2D eigenvalue weighted by Crippen LogP contribution is 2.42. The summed E-state index contributed by atoms with van der Waals surface area (Å²) in [7, 11) is 0.854. The summed E-state index contributed by atoms with van der Waals surface area (Å²) in [6, 6.07) is 11.9. The molecule has 4 amide bonds. The molecule has 3 saturated heterocycles. The van der Waals surface area contributed by atoms with Crippen molar-refractivity contribution in [1.82, 2.24) is 41.3 Å². The number of halogens is 8. The number of fused-ring (bicyclic) bond motifs is 2. The zero-order valence-corrected chi connectivity index (χ0v) is 43.8. The summed E-state index contributed by atoms with van der Waals surface area (Å²) < 4.78 is 113. The van der Waals surface area contributed by atoms with Crippen LogP contribution in [0.2, 0.25) is 5.02 Å². The van der Waals surface area contributed by atoms with Crippen molar-refractivity contribution in [3.05, 3.63) is 112 Å². The summed E-state index contributed by atoms with van der Waals surface area (Å²) in [5, 5.41) is 27.9. The number of carbonyl (C=O) groups is 4. The van der Waals surface area contributed by atoms with E-state index in [1.807, 2.05) is 17.4 Å². The number of hydrazine groups is 1. The SMILES string of the molecule is COC(=O)NC(C(=O)NC(Cc1ccc(C#Cc2ccc(N3CC4CCC(C3)N4C3COC3)nc2)cc1)C(O)CN(Cc1c(F)cc(-c2ccccn2)cc1Cl)NC(=O)C(NC(=O)O)C(C)(C)C(F)(F)F)C(C)(C)C(F)(F)F. The number of aliphatic hydroxyl groups excluding tert-OH is 1. The van der Waals surface area contributed by atoms with Crippen molar-refractivity contribution >= 4 is 41.4 Å². The van der Waals surface area contributed by atoms with E-state index in [1.54, 1.807) is 54.0 Å². The lowest BCUT2D eigenvalue weighted by Gasteiger charge is -2.47. The first kappa shape index (κ1) is 58.9. The number of nitrogens with zero attached hydrogens (tertiary/aromatic N) is 5. The maximum absolute atomic E-state index is 16.1. The number of nitrogens with one attached hydrogen (secondary N) is 4. The van der Waals surface area contributed by atoms with Crippen molar-refractivity contribution in [3.8, 4) is 23.1 Å². The predicted molar refractivity (Wildman–Crippen MR) is 271 cm³/mol. The second-order valence-corrected chi connectivity index (χ2v) is 21.0. The Bertz CT molecular complexity index is 2810. The van der Waals surface area contributed by atoms with Crippen LogP contribution in [0.3, 0.4) is 0 Å². The van der Waals surface area contributed by atoms with Gasteiger partial charge in [0, 0.05) is 77.9 Å². The minimum Gasteiger partial charge on any atom is -0.465 e. The van der Waals surface area contributed by atoms with Gasteiger partial charge in [0.25, 0.3) is 5.91 Å². The van der Waals surface area contributed by atoms with Gasteiger partial charge in [0.1, 0.15) is 23.7 Å². The number of pyridine rings is 2. The first-order valence-electron chi connectivity index (χ1n) is 24.7. The van der Waals surface area contributed by atoms with E-state index in [9.17, 15) is 55.7 Å². The number of alkyl carbamates (subject to hydrolysis) is 1. The van der Waals surface area contributed by atoms with Gasteiger partial charge in [0.05, 0.1) is 55.0 Å². The third kappa shape index (κ3) is 13.7. The van der Waals surface area contributed by atoms with Crippen LogP contribution in [0.1, 0.15) is 62.8 Å². The molecule has 4 aromatic rings. The fraction of sp³-hybridized carbons (Fsp3) is 0.472. The summed E-state index contributed by atoms with van der Waals surface area (Å²) in [5.74, 6) is 2.83. The summed E-state index contributed by atoms with van der Waals surface area (Å²) in [6.45, 7) is 3.84. The molecule has 78 heavy (non-hydrogen) atoms. The number of hydrogen-bond donors (Lipinski definition) is 6. The van der Waals surface area contributed by atoms with Crippen molar-refractivity contribution in [2.24, 2.45) is 10.8 Å². The molecule has 2 bridgehead atoms. The summed E-state index contributed by atoms with van der Waals surface area (Å²) in [4.78, 5) is 66.0. The number of hydrogen-bond acceptors (Lipinski definition) is 12. The Morgan fingerprint density at radius 2 is 1.45 bits per heavy atom. The van der Waals surface area contributed by atoms with Gasteiger partial charge in [-0.2, -0.15) is 26.3 Å². The Morgan fingerprint density at radius 3 is 1.97 bits per heavy atom. The largest absolute Gasteiger partial charge is 0.465 e. The molecule has 0 radical (unpaired) electrons. The van der Waals surface area contributed by atoms with Crippen molar-refractivity contribution in [2.45, 2.75) is 108 Å². The zero-order valence-electron chi connectivity index (χ0n) is 43.0.